The lowest BCUT2D eigenvalue weighted by Gasteiger charge is -2.36. The van der Waals surface area contributed by atoms with Gasteiger partial charge in [-0.2, -0.15) is 0 Å². The van der Waals surface area contributed by atoms with Gasteiger partial charge >= 0.3 is 5.97 Å². The third-order valence-corrected chi connectivity index (χ3v) is 7.92. The van der Waals surface area contributed by atoms with E-state index in [0.29, 0.717) is 29.1 Å². The average Bonchev–Trinajstić information content (AvgIpc) is 3.59. The van der Waals surface area contributed by atoms with Gasteiger partial charge in [0.15, 0.2) is 17.3 Å². The summed E-state index contributed by atoms with van der Waals surface area (Å²) < 4.78 is 16.8. The van der Waals surface area contributed by atoms with Crippen LogP contribution < -0.4 is 14.8 Å². The highest BCUT2D eigenvalue weighted by atomic mass is 16.7. The zero-order valence-corrected chi connectivity index (χ0v) is 21.0. The molecule has 0 bridgehead atoms. The molecule has 2 aromatic carbocycles. The first-order valence-corrected chi connectivity index (χ1v) is 13.0. The maximum Gasteiger partial charge on any atom is 0.337 e. The van der Waals surface area contributed by atoms with Gasteiger partial charge in [0, 0.05) is 29.0 Å². The average molecular weight is 517 g/mol. The Balaban J connectivity index is 1.48. The van der Waals surface area contributed by atoms with Gasteiger partial charge in [-0.3, -0.25) is 14.9 Å². The van der Waals surface area contributed by atoms with Crippen LogP contribution in [-0.4, -0.2) is 29.6 Å². The number of benzene rings is 2. The minimum absolute atomic E-state index is 0.0397. The van der Waals surface area contributed by atoms with E-state index in [1.165, 1.54) is 12.1 Å². The number of hydrogen-bond acceptors (Lipinski definition) is 8. The molecule has 9 heteroatoms. The molecule has 2 atom stereocenters. The number of Topliss-reactive ketones (excluding diaryl/α,β-unsaturated/α-hetero) is 1. The van der Waals surface area contributed by atoms with Gasteiger partial charge in [0.05, 0.1) is 22.5 Å². The van der Waals surface area contributed by atoms with Gasteiger partial charge in [0.1, 0.15) is 6.10 Å². The first kappa shape index (κ1) is 24.2. The van der Waals surface area contributed by atoms with E-state index < -0.39 is 16.8 Å². The highest BCUT2D eigenvalue weighted by Gasteiger charge is 2.45. The number of nitro groups is 1. The monoisotopic (exact) mass is 516 g/mol. The molecular weight excluding hydrogens is 488 g/mol. The van der Waals surface area contributed by atoms with Gasteiger partial charge < -0.3 is 19.5 Å². The Hall–Kier alpha value is -4.14. The van der Waals surface area contributed by atoms with Crippen molar-refractivity contribution in [2.75, 3.05) is 6.79 Å². The summed E-state index contributed by atoms with van der Waals surface area (Å²) in [7, 11) is 0. The van der Waals surface area contributed by atoms with Gasteiger partial charge in [-0.1, -0.05) is 30.3 Å². The van der Waals surface area contributed by atoms with Crippen molar-refractivity contribution in [2.45, 2.75) is 63.4 Å². The number of nitrogens with zero attached hydrogens (tertiary/aromatic N) is 1. The number of dihydropyridines is 1. The number of fused-ring (bicyclic) bond motifs is 1. The summed E-state index contributed by atoms with van der Waals surface area (Å²) >= 11 is 0. The van der Waals surface area contributed by atoms with E-state index in [1.807, 2.05) is 30.3 Å². The van der Waals surface area contributed by atoms with E-state index in [4.69, 9.17) is 14.2 Å². The molecule has 9 nitrogen and oxygen atoms in total. The molecule has 0 saturated heterocycles. The van der Waals surface area contributed by atoms with Gasteiger partial charge in [-0.25, -0.2) is 4.79 Å². The largest absolute Gasteiger partial charge is 0.459 e. The van der Waals surface area contributed by atoms with Crippen LogP contribution in [-0.2, 0) is 14.3 Å². The molecule has 196 valence electrons. The topological polar surface area (TPSA) is 117 Å². The zero-order chi connectivity index (χ0) is 26.4. The number of carbonyl (C=O) groups excluding carboxylic acids is 2. The second kappa shape index (κ2) is 9.63. The first-order valence-electron chi connectivity index (χ1n) is 13.0. The fourth-order valence-electron chi connectivity index (χ4n) is 6.14. The van der Waals surface area contributed by atoms with Crippen LogP contribution in [0.1, 0.15) is 68.4 Å². The summed E-state index contributed by atoms with van der Waals surface area (Å²) in [5, 5.41) is 15.6. The third kappa shape index (κ3) is 4.21. The van der Waals surface area contributed by atoms with Crippen molar-refractivity contribution in [1.82, 2.24) is 5.32 Å². The van der Waals surface area contributed by atoms with Crippen molar-refractivity contribution in [3.63, 3.8) is 0 Å². The van der Waals surface area contributed by atoms with E-state index in [0.717, 1.165) is 31.2 Å². The van der Waals surface area contributed by atoms with Crippen molar-refractivity contribution >= 4 is 17.4 Å². The summed E-state index contributed by atoms with van der Waals surface area (Å²) in [5.41, 5.74) is 2.86. The van der Waals surface area contributed by atoms with Gasteiger partial charge in [-0.15, -0.1) is 0 Å². The molecule has 2 aromatic rings. The van der Waals surface area contributed by atoms with Crippen LogP contribution in [0.4, 0.5) is 5.69 Å². The number of carbonyl (C=O) groups is 2. The van der Waals surface area contributed by atoms with E-state index in [2.05, 4.69) is 5.32 Å². The van der Waals surface area contributed by atoms with Gasteiger partial charge in [-0.05, 0) is 56.6 Å². The lowest BCUT2D eigenvalue weighted by Crippen LogP contribution is -2.36. The van der Waals surface area contributed by atoms with Crippen LogP contribution in [0.3, 0.4) is 0 Å². The molecule has 0 aromatic heterocycles. The van der Waals surface area contributed by atoms with E-state index in [-0.39, 0.29) is 53.6 Å². The van der Waals surface area contributed by atoms with E-state index in [9.17, 15) is 19.7 Å². The molecule has 0 spiro atoms. The van der Waals surface area contributed by atoms with Crippen molar-refractivity contribution < 1.29 is 28.7 Å². The van der Waals surface area contributed by atoms with Crippen LogP contribution in [0.15, 0.2) is 65.0 Å². The number of nitro benzene ring substituents is 1. The molecule has 0 unspecified atom stereocenters. The summed E-state index contributed by atoms with van der Waals surface area (Å²) in [6.07, 6.45) is 4.12. The summed E-state index contributed by atoms with van der Waals surface area (Å²) in [6.45, 7) is 1.71. The van der Waals surface area contributed by atoms with Crippen molar-refractivity contribution in [3.8, 4) is 11.5 Å². The lowest BCUT2D eigenvalue weighted by molar-refractivity contribution is -0.385. The molecule has 6 rings (SSSR count). The molecular formula is C29H28N2O7. The minimum Gasteiger partial charge on any atom is -0.459 e. The summed E-state index contributed by atoms with van der Waals surface area (Å²) in [5.74, 6) is -1.09. The van der Waals surface area contributed by atoms with Gasteiger partial charge in [0.2, 0.25) is 6.79 Å². The molecule has 0 amide bonds. The van der Waals surface area contributed by atoms with E-state index in [1.54, 1.807) is 6.92 Å². The second-order valence-corrected chi connectivity index (χ2v) is 10.3. The molecule has 0 radical (unpaired) electrons. The number of allylic oxidation sites excluding steroid dienone is 3. The van der Waals surface area contributed by atoms with Crippen molar-refractivity contribution in [2.24, 2.45) is 0 Å². The van der Waals surface area contributed by atoms with Crippen LogP contribution in [0.25, 0.3) is 0 Å². The van der Waals surface area contributed by atoms with Crippen LogP contribution >= 0.6 is 0 Å². The van der Waals surface area contributed by atoms with Crippen LogP contribution in [0, 0.1) is 10.1 Å². The Morgan fingerprint density at radius 2 is 1.79 bits per heavy atom. The van der Waals surface area contributed by atoms with E-state index >= 15 is 0 Å². The fourth-order valence-corrected chi connectivity index (χ4v) is 6.14. The smallest absolute Gasteiger partial charge is 0.337 e. The summed E-state index contributed by atoms with van der Waals surface area (Å²) in [6, 6.07) is 12.7. The molecule has 1 N–H and O–H groups in total. The molecule has 1 fully saturated rings. The number of nitrogens with one attached hydrogen (secondary N) is 1. The van der Waals surface area contributed by atoms with Gasteiger partial charge in [0.25, 0.3) is 5.69 Å². The first-order chi connectivity index (χ1) is 18.4. The van der Waals surface area contributed by atoms with Crippen molar-refractivity contribution in [3.05, 3.63) is 86.2 Å². The Morgan fingerprint density at radius 3 is 2.50 bits per heavy atom. The maximum absolute atomic E-state index is 13.8. The maximum atomic E-state index is 13.8. The standard InChI is InChI=1S/C29H28N2O7/c1-16-26(29(33)38-19-9-5-6-10-19)27(20-13-24-25(37-15-36-24)14-22(20)31(34)35)28-21(30-16)11-18(12-23(28)32)17-7-3-2-4-8-17/h2-4,7-8,13-14,18-19,27,30H,5-6,9-12,15H2,1H3/t18-,27-/m0/s1. The van der Waals surface area contributed by atoms with Crippen LogP contribution in [0.5, 0.6) is 11.5 Å². The fraction of sp³-hybridized carbons (Fsp3) is 0.379. The predicted molar refractivity (Wildman–Crippen MR) is 137 cm³/mol. The number of hydrogen-bond donors (Lipinski definition) is 1. The molecule has 2 aliphatic carbocycles. The molecule has 4 aliphatic rings. The molecule has 38 heavy (non-hydrogen) atoms. The van der Waals surface area contributed by atoms with Crippen LogP contribution in [0.2, 0.25) is 0 Å². The number of rotatable bonds is 5. The Bertz CT molecular complexity index is 1390. The third-order valence-electron chi connectivity index (χ3n) is 7.92. The second-order valence-electron chi connectivity index (χ2n) is 10.3. The zero-order valence-electron chi connectivity index (χ0n) is 21.0. The normalized spacial score (nSPS) is 22.8. The molecule has 2 aliphatic heterocycles. The highest BCUT2D eigenvalue weighted by molar-refractivity contribution is 6.04. The van der Waals surface area contributed by atoms with Crippen molar-refractivity contribution in [1.29, 1.82) is 0 Å². The quantitative estimate of drug-likeness (QED) is 0.329. The number of esters is 1. The SMILES string of the molecule is CC1=C(C(=O)OC2CCCC2)[C@H](c2cc3c(cc2[N+](=O)[O-])OCO3)C2=C(C[C@H](c3ccccc3)CC2=O)N1. The summed E-state index contributed by atoms with van der Waals surface area (Å²) in [4.78, 5) is 39.2. The Kier molecular flexibility index (Phi) is 6.13. The lowest BCUT2D eigenvalue weighted by atomic mass is 9.71. The molecule has 2 heterocycles. The molecule has 1 saturated carbocycles. The minimum atomic E-state index is -0.959. The predicted octanol–water partition coefficient (Wildman–Crippen LogP) is 5.17. The number of ether oxygens (including phenoxy) is 3. The number of ketones is 1. The highest BCUT2D eigenvalue weighted by Crippen LogP contribution is 2.50. The Morgan fingerprint density at radius 1 is 1.08 bits per heavy atom. The Labute approximate surface area is 219 Å².